The molecule has 32 heavy (non-hydrogen) atoms. The molecule has 1 aromatic heterocycles. The number of thiazole rings is 1. The smallest absolute Gasteiger partial charge is 0.279 e. The minimum absolute atomic E-state index is 0.312. The van der Waals surface area contributed by atoms with Gasteiger partial charge in [-0.05, 0) is 63.2 Å². The van der Waals surface area contributed by atoms with Crippen molar-refractivity contribution in [2.75, 3.05) is 6.61 Å². The van der Waals surface area contributed by atoms with Gasteiger partial charge >= 0.3 is 0 Å². The Labute approximate surface area is 190 Å². The Morgan fingerprint density at radius 3 is 2.47 bits per heavy atom. The maximum atomic E-state index is 12.4. The van der Waals surface area contributed by atoms with Gasteiger partial charge in [0, 0.05) is 10.9 Å². The average Bonchev–Trinajstić information content (AvgIpc) is 3.22. The number of ether oxygens (including phenoxy) is 3. The number of aryl methyl sites for hydroxylation is 1. The number of carbonyl (C=O) groups is 2. The first-order valence-electron chi connectivity index (χ1n) is 10.1. The Bertz CT molecular complexity index is 1050. The van der Waals surface area contributed by atoms with E-state index in [4.69, 9.17) is 14.2 Å². The van der Waals surface area contributed by atoms with E-state index >= 15 is 0 Å². The summed E-state index contributed by atoms with van der Waals surface area (Å²) in [7, 11) is 0. The zero-order chi connectivity index (χ0) is 22.9. The lowest BCUT2D eigenvalue weighted by Crippen LogP contribution is -2.47. The van der Waals surface area contributed by atoms with E-state index in [-0.39, 0.29) is 0 Å². The van der Waals surface area contributed by atoms with Gasteiger partial charge < -0.3 is 14.2 Å². The number of hydrogen-bond acceptors (Lipinski definition) is 7. The third-order valence-electron chi connectivity index (χ3n) is 4.27. The standard InChI is InChI=1S/C23H25N3O5S/c1-4-29-19-8-10-20(11-9-19)31-15(2)22(27)25-26-23(28)17-6-5-7-21(12-17)30-13-18-14-32-16(3)24-18/h5-12,14-15H,4,13H2,1-3H3,(H,25,27)(H,26,28). The number of carbonyl (C=O) groups excluding carboxylic acids is 2. The number of aromatic nitrogens is 1. The summed E-state index contributed by atoms with van der Waals surface area (Å²) in [6.45, 7) is 6.30. The van der Waals surface area contributed by atoms with Gasteiger partial charge in [-0.15, -0.1) is 11.3 Å². The molecular weight excluding hydrogens is 430 g/mol. The van der Waals surface area contributed by atoms with Gasteiger partial charge in [0.25, 0.3) is 11.8 Å². The first-order chi connectivity index (χ1) is 15.4. The zero-order valence-electron chi connectivity index (χ0n) is 18.1. The van der Waals surface area contributed by atoms with Gasteiger partial charge in [-0.3, -0.25) is 20.4 Å². The van der Waals surface area contributed by atoms with Crippen molar-refractivity contribution in [1.29, 1.82) is 0 Å². The fraction of sp³-hybridized carbons (Fsp3) is 0.261. The zero-order valence-corrected chi connectivity index (χ0v) is 18.9. The van der Waals surface area contributed by atoms with E-state index < -0.39 is 17.9 Å². The van der Waals surface area contributed by atoms with E-state index in [1.165, 1.54) is 0 Å². The molecule has 3 aromatic rings. The molecule has 8 nitrogen and oxygen atoms in total. The molecule has 0 saturated carbocycles. The van der Waals surface area contributed by atoms with Crippen LogP contribution in [0.5, 0.6) is 17.2 Å². The van der Waals surface area contributed by atoms with Crippen molar-refractivity contribution in [3.05, 3.63) is 70.2 Å². The molecule has 0 fully saturated rings. The molecule has 168 valence electrons. The molecule has 0 saturated heterocycles. The van der Waals surface area contributed by atoms with Gasteiger partial charge in [-0.1, -0.05) is 6.07 Å². The Hall–Kier alpha value is -3.59. The summed E-state index contributed by atoms with van der Waals surface area (Å²) < 4.78 is 16.7. The van der Waals surface area contributed by atoms with Crippen LogP contribution < -0.4 is 25.1 Å². The quantitative estimate of drug-likeness (QED) is 0.478. The summed E-state index contributed by atoms with van der Waals surface area (Å²) in [4.78, 5) is 29.0. The van der Waals surface area contributed by atoms with Crippen molar-refractivity contribution in [2.24, 2.45) is 0 Å². The molecule has 0 radical (unpaired) electrons. The lowest BCUT2D eigenvalue weighted by Gasteiger charge is -2.15. The van der Waals surface area contributed by atoms with Gasteiger partial charge in [-0.25, -0.2) is 4.98 Å². The number of rotatable bonds is 9. The average molecular weight is 456 g/mol. The highest BCUT2D eigenvalue weighted by Gasteiger charge is 2.16. The van der Waals surface area contributed by atoms with Crippen molar-refractivity contribution in [3.63, 3.8) is 0 Å². The van der Waals surface area contributed by atoms with Crippen LogP contribution in [-0.2, 0) is 11.4 Å². The number of hydrazine groups is 1. The van der Waals surface area contributed by atoms with Crippen LogP contribution in [0.3, 0.4) is 0 Å². The maximum absolute atomic E-state index is 12.4. The monoisotopic (exact) mass is 455 g/mol. The van der Waals surface area contributed by atoms with E-state index in [9.17, 15) is 9.59 Å². The molecule has 0 aliphatic rings. The second-order valence-corrected chi connectivity index (χ2v) is 7.84. The highest BCUT2D eigenvalue weighted by Crippen LogP contribution is 2.19. The molecule has 1 unspecified atom stereocenters. The first kappa shape index (κ1) is 23.1. The predicted molar refractivity (Wildman–Crippen MR) is 121 cm³/mol. The van der Waals surface area contributed by atoms with Gasteiger partial charge in [-0.2, -0.15) is 0 Å². The lowest BCUT2D eigenvalue weighted by atomic mass is 10.2. The third kappa shape index (κ3) is 6.71. The normalized spacial score (nSPS) is 11.3. The molecule has 1 heterocycles. The van der Waals surface area contributed by atoms with Gasteiger partial charge in [0.2, 0.25) is 0 Å². The molecule has 3 rings (SSSR count). The SMILES string of the molecule is CCOc1ccc(OC(C)C(=O)NNC(=O)c2cccc(OCc3csc(C)n3)c2)cc1. The third-order valence-corrected chi connectivity index (χ3v) is 5.09. The topological polar surface area (TPSA) is 98.8 Å². The fourth-order valence-electron chi connectivity index (χ4n) is 2.69. The minimum Gasteiger partial charge on any atom is -0.494 e. The van der Waals surface area contributed by atoms with Crippen molar-refractivity contribution in [3.8, 4) is 17.2 Å². The molecule has 9 heteroatoms. The molecule has 1 atom stereocenters. The first-order valence-corrected chi connectivity index (χ1v) is 11.0. The minimum atomic E-state index is -0.815. The fourth-order valence-corrected chi connectivity index (χ4v) is 3.29. The molecule has 0 bridgehead atoms. The summed E-state index contributed by atoms with van der Waals surface area (Å²) >= 11 is 1.55. The van der Waals surface area contributed by atoms with Crippen LogP contribution in [0.1, 0.15) is 34.9 Å². The number of nitrogens with one attached hydrogen (secondary N) is 2. The van der Waals surface area contributed by atoms with E-state index in [2.05, 4.69) is 15.8 Å². The highest BCUT2D eigenvalue weighted by molar-refractivity contribution is 7.09. The van der Waals surface area contributed by atoms with Gasteiger partial charge in [0.1, 0.15) is 23.9 Å². The van der Waals surface area contributed by atoms with Crippen LogP contribution in [-0.4, -0.2) is 29.5 Å². The molecule has 2 aromatic carbocycles. The van der Waals surface area contributed by atoms with Crippen LogP contribution in [0.4, 0.5) is 0 Å². The molecule has 0 spiro atoms. The predicted octanol–water partition coefficient (Wildman–Crippen LogP) is 3.66. The second kappa shape index (κ2) is 11.1. The van der Waals surface area contributed by atoms with Crippen LogP contribution >= 0.6 is 11.3 Å². The lowest BCUT2D eigenvalue weighted by molar-refractivity contribution is -0.128. The van der Waals surface area contributed by atoms with E-state index in [0.717, 1.165) is 16.5 Å². The number of hydrogen-bond donors (Lipinski definition) is 2. The Morgan fingerprint density at radius 2 is 1.78 bits per heavy atom. The summed E-state index contributed by atoms with van der Waals surface area (Å²) in [6, 6.07) is 13.6. The highest BCUT2D eigenvalue weighted by atomic mass is 32.1. The van der Waals surface area contributed by atoms with Crippen LogP contribution in [0, 0.1) is 6.92 Å². The van der Waals surface area contributed by atoms with Crippen molar-refractivity contribution in [1.82, 2.24) is 15.8 Å². The number of nitrogens with zero attached hydrogens (tertiary/aromatic N) is 1. The van der Waals surface area contributed by atoms with Crippen molar-refractivity contribution < 1.29 is 23.8 Å². The molecule has 0 aliphatic heterocycles. The number of amides is 2. The molecular formula is C23H25N3O5S. The Balaban J connectivity index is 1.48. The largest absolute Gasteiger partial charge is 0.494 e. The maximum Gasteiger partial charge on any atom is 0.279 e. The molecule has 0 aliphatic carbocycles. The van der Waals surface area contributed by atoms with Crippen LogP contribution in [0.15, 0.2) is 53.9 Å². The second-order valence-electron chi connectivity index (χ2n) is 6.78. The van der Waals surface area contributed by atoms with Crippen molar-refractivity contribution >= 4 is 23.2 Å². The van der Waals surface area contributed by atoms with E-state index in [1.807, 2.05) is 19.2 Å². The van der Waals surface area contributed by atoms with Crippen LogP contribution in [0.2, 0.25) is 0 Å². The summed E-state index contributed by atoms with van der Waals surface area (Å²) in [5, 5.41) is 2.89. The summed E-state index contributed by atoms with van der Waals surface area (Å²) in [5.74, 6) is 0.807. The molecule has 2 N–H and O–H groups in total. The van der Waals surface area contributed by atoms with Crippen molar-refractivity contribution in [2.45, 2.75) is 33.5 Å². The number of benzene rings is 2. The van der Waals surface area contributed by atoms with Gasteiger partial charge in [0.15, 0.2) is 6.10 Å². The Kier molecular flexibility index (Phi) is 8.04. The summed E-state index contributed by atoms with van der Waals surface area (Å²) in [6.07, 6.45) is -0.815. The summed E-state index contributed by atoms with van der Waals surface area (Å²) in [5.41, 5.74) is 5.94. The van der Waals surface area contributed by atoms with E-state index in [0.29, 0.717) is 30.3 Å². The Morgan fingerprint density at radius 1 is 1.03 bits per heavy atom. The van der Waals surface area contributed by atoms with Crippen LogP contribution in [0.25, 0.3) is 0 Å². The van der Waals surface area contributed by atoms with Gasteiger partial charge in [0.05, 0.1) is 17.3 Å². The molecule has 2 amide bonds. The van der Waals surface area contributed by atoms with E-state index in [1.54, 1.807) is 66.8 Å².